The number of ether oxygens (including phenoxy) is 6. The van der Waals surface area contributed by atoms with Crippen molar-refractivity contribution in [2.75, 3.05) is 60.3 Å². The van der Waals surface area contributed by atoms with Gasteiger partial charge in [-0.25, -0.2) is 0 Å². The van der Waals surface area contributed by atoms with Crippen molar-refractivity contribution in [3.63, 3.8) is 0 Å². The van der Waals surface area contributed by atoms with Crippen LogP contribution in [0, 0.1) is 23.2 Å². The molecule has 0 unspecified atom stereocenters. The van der Waals surface area contributed by atoms with Crippen molar-refractivity contribution in [3.8, 4) is 0 Å². The van der Waals surface area contributed by atoms with Crippen LogP contribution in [0.15, 0.2) is 0 Å². The van der Waals surface area contributed by atoms with Crippen LogP contribution in [0.4, 0.5) is 0 Å². The molecular weight excluding hydrogens is 831 g/mol. The number of esters is 6. The molecule has 0 heterocycles. The highest BCUT2D eigenvalue weighted by atomic mass is 16.6. The van der Waals surface area contributed by atoms with Gasteiger partial charge in [-0.3, -0.25) is 28.8 Å². The topological polar surface area (TPSA) is 161 Å². The van der Waals surface area contributed by atoms with Gasteiger partial charge < -0.3 is 33.3 Å². The minimum absolute atomic E-state index is 0.0268. The molecule has 13 heteroatoms. The summed E-state index contributed by atoms with van der Waals surface area (Å²) in [7, 11) is 3.83. The van der Waals surface area contributed by atoms with Gasteiger partial charge in [0.25, 0.3) is 0 Å². The summed E-state index contributed by atoms with van der Waals surface area (Å²) < 4.78 is 34.3. The van der Waals surface area contributed by atoms with Crippen molar-refractivity contribution >= 4 is 35.8 Å². The van der Waals surface area contributed by atoms with E-state index in [2.05, 4.69) is 41.5 Å². The highest BCUT2D eigenvalue weighted by Crippen LogP contribution is 2.26. The van der Waals surface area contributed by atoms with Crippen LogP contribution in [-0.2, 0) is 57.2 Å². The second kappa shape index (κ2) is 41.0. The first kappa shape index (κ1) is 61.8. The van der Waals surface area contributed by atoms with Crippen LogP contribution in [-0.4, -0.2) is 101 Å². The quantitative estimate of drug-likeness (QED) is 0.0323. The number of rotatable bonds is 44. The first-order valence-corrected chi connectivity index (χ1v) is 25.8. The van der Waals surface area contributed by atoms with Crippen LogP contribution in [0.3, 0.4) is 0 Å². The molecule has 0 aromatic carbocycles. The number of carbonyl (C=O) groups is 6. The molecule has 0 amide bonds. The summed E-state index contributed by atoms with van der Waals surface area (Å²) in [6.07, 6.45) is 19.5. The zero-order valence-electron chi connectivity index (χ0n) is 42.6. The van der Waals surface area contributed by atoms with Gasteiger partial charge in [0.2, 0.25) is 0 Å². The number of nitrogens with zero attached hydrogens (tertiary/aromatic N) is 1. The van der Waals surface area contributed by atoms with Crippen LogP contribution in [0.2, 0.25) is 0 Å². The molecule has 0 N–H and O–H groups in total. The zero-order valence-corrected chi connectivity index (χ0v) is 42.6. The fraction of sp³-hybridized carbons (Fsp3) is 0.885. The highest BCUT2D eigenvalue weighted by molar-refractivity contribution is 5.72. The monoisotopic (exact) mass is 926 g/mol. The lowest BCUT2D eigenvalue weighted by atomic mass is 9.91. The van der Waals surface area contributed by atoms with Crippen molar-refractivity contribution in [2.45, 2.75) is 215 Å². The highest BCUT2D eigenvalue weighted by Gasteiger charge is 2.38. The summed E-state index contributed by atoms with van der Waals surface area (Å²) in [6.45, 7) is 13.0. The normalized spacial score (nSPS) is 11.6. The molecule has 0 fully saturated rings. The molecule has 380 valence electrons. The lowest BCUT2D eigenvalue weighted by Crippen LogP contribution is -2.44. The Bertz CT molecular complexity index is 1180. The summed E-state index contributed by atoms with van der Waals surface area (Å²) in [6, 6.07) is 0. The van der Waals surface area contributed by atoms with Crippen LogP contribution >= 0.6 is 0 Å². The molecule has 0 aromatic rings. The third-order valence-corrected chi connectivity index (χ3v) is 11.8. The fourth-order valence-corrected chi connectivity index (χ4v) is 7.85. The van der Waals surface area contributed by atoms with E-state index in [1.165, 1.54) is 0 Å². The Kier molecular flexibility index (Phi) is 39.0. The number of hydrogen-bond donors (Lipinski definition) is 0. The third kappa shape index (κ3) is 35.6. The van der Waals surface area contributed by atoms with Crippen molar-refractivity contribution in [1.82, 2.24) is 4.90 Å². The van der Waals surface area contributed by atoms with E-state index >= 15 is 0 Å². The van der Waals surface area contributed by atoms with Crippen molar-refractivity contribution < 1.29 is 57.2 Å². The predicted octanol–water partition coefficient (Wildman–Crippen LogP) is 11.3. The van der Waals surface area contributed by atoms with Gasteiger partial charge in [-0.15, -0.1) is 0 Å². The maximum Gasteiger partial charge on any atom is 0.306 e. The zero-order chi connectivity index (χ0) is 48.6. The van der Waals surface area contributed by atoms with Crippen LogP contribution in [0.25, 0.3) is 0 Å². The summed E-state index contributed by atoms with van der Waals surface area (Å²) >= 11 is 0. The molecule has 0 rings (SSSR count). The third-order valence-electron chi connectivity index (χ3n) is 11.8. The molecule has 0 aliphatic carbocycles. The molecule has 13 nitrogen and oxygen atoms in total. The summed E-state index contributed by atoms with van der Waals surface area (Å²) in [5, 5.41) is 0. The SMILES string of the molecule is CCCCCC(CCCCC)CC(=O)OCC(COC(=O)CCCCC(=O)OCC(CCC)CCC)(COC(=O)CCCCC(=O)OCC(CCC)CCC)COC(=O)CCCN(C)C. The number of hydrogen-bond acceptors (Lipinski definition) is 13. The molecule has 65 heavy (non-hydrogen) atoms. The molecule has 0 spiro atoms. The van der Waals surface area contributed by atoms with E-state index in [0.717, 1.165) is 103 Å². The number of unbranched alkanes of at least 4 members (excludes halogenated alkanes) is 6. The van der Waals surface area contributed by atoms with Gasteiger partial charge in [-0.2, -0.15) is 0 Å². The van der Waals surface area contributed by atoms with Gasteiger partial charge in [0.15, 0.2) is 0 Å². The maximum absolute atomic E-state index is 13.5. The van der Waals surface area contributed by atoms with Gasteiger partial charge in [0.1, 0.15) is 31.8 Å². The smallest absolute Gasteiger partial charge is 0.306 e. The van der Waals surface area contributed by atoms with E-state index in [4.69, 9.17) is 28.4 Å². The lowest BCUT2D eigenvalue weighted by Gasteiger charge is -2.32. The van der Waals surface area contributed by atoms with Crippen LogP contribution < -0.4 is 0 Å². The molecule has 0 saturated carbocycles. The van der Waals surface area contributed by atoms with E-state index in [1.54, 1.807) is 0 Å². The Morgan fingerprint density at radius 1 is 0.369 bits per heavy atom. The van der Waals surface area contributed by atoms with E-state index in [-0.39, 0.29) is 82.8 Å². The molecule has 0 bridgehead atoms. The second-order valence-electron chi connectivity index (χ2n) is 18.8. The summed E-state index contributed by atoms with van der Waals surface area (Å²) in [5.41, 5.74) is -1.38. The fourth-order valence-electron chi connectivity index (χ4n) is 7.85. The largest absolute Gasteiger partial charge is 0.465 e. The molecule has 0 aliphatic rings. The number of carbonyl (C=O) groups excluding carboxylic acids is 6. The Hall–Kier alpha value is -3.22. The van der Waals surface area contributed by atoms with Gasteiger partial charge in [0.05, 0.1) is 13.2 Å². The maximum atomic E-state index is 13.5. The van der Waals surface area contributed by atoms with Crippen molar-refractivity contribution in [1.29, 1.82) is 0 Å². The van der Waals surface area contributed by atoms with Gasteiger partial charge >= 0.3 is 35.8 Å². The molecule has 0 saturated heterocycles. The van der Waals surface area contributed by atoms with Crippen LogP contribution in [0.1, 0.15) is 215 Å². The first-order valence-electron chi connectivity index (χ1n) is 25.8. The van der Waals surface area contributed by atoms with Crippen molar-refractivity contribution in [3.05, 3.63) is 0 Å². The van der Waals surface area contributed by atoms with E-state index in [1.807, 2.05) is 19.0 Å². The van der Waals surface area contributed by atoms with Gasteiger partial charge in [0, 0.05) is 38.5 Å². The Labute approximate surface area is 395 Å². The average Bonchev–Trinajstić information content (AvgIpc) is 3.27. The lowest BCUT2D eigenvalue weighted by molar-refractivity contribution is -0.171. The summed E-state index contributed by atoms with van der Waals surface area (Å²) in [5.74, 6) is -1.67. The Morgan fingerprint density at radius 3 is 1.02 bits per heavy atom. The van der Waals surface area contributed by atoms with E-state index in [9.17, 15) is 28.8 Å². The standard InChI is InChI=1S/C52H95NO12/c1-9-15-17-28-43(29-18-16-10-2)36-51(59)65-42-52(41-64-50(58)34-23-35-53(7)8,39-62-48(56)32-21-19-30-46(54)60-37-44(24-11-3)25-12-4)40-63-49(57)33-22-20-31-47(55)61-38-45(26-13-5)27-14-6/h43-45H,9-42H2,1-8H3. The van der Waals surface area contributed by atoms with Crippen LogP contribution in [0.5, 0.6) is 0 Å². The van der Waals surface area contributed by atoms with Crippen molar-refractivity contribution in [2.24, 2.45) is 23.2 Å². The molecule has 0 aromatic heterocycles. The van der Waals surface area contributed by atoms with Gasteiger partial charge in [-0.05, 0) is 109 Å². The Balaban J connectivity index is 5.95. The molecule has 0 radical (unpaired) electrons. The minimum atomic E-state index is -1.38. The van der Waals surface area contributed by atoms with Gasteiger partial charge in [-0.1, -0.05) is 106 Å². The molecule has 0 atom stereocenters. The van der Waals surface area contributed by atoms with E-state index < -0.39 is 29.3 Å². The minimum Gasteiger partial charge on any atom is -0.465 e. The first-order chi connectivity index (χ1) is 31.3. The Morgan fingerprint density at radius 2 is 0.692 bits per heavy atom. The predicted molar refractivity (Wildman–Crippen MR) is 256 cm³/mol. The van der Waals surface area contributed by atoms with E-state index in [0.29, 0.717) is 63.7 Å². The average molecular weight is 926 g/mol. The second-order valence-corrected chi connectivity index (χ2v) is 18.8. The molecule has 0 aliphatic heterocycles. The molecular formula is C52H95NO12. The summed E-state index contributed by atoms with van der Waals surface area (Å²) in [4.78, 5) is 79.7.